The summed E-state index contributed by atoms with van der Waals surface area (Å²) in [5.74, 6) is -0.0991. The molecule has 2 N–H and O–H groups in total. The number of amides is 2. The Morgan fingerprint density at radius 1 is 0.926 bits per heavy atom. The van der Waals surface area contributed by atoms with Crippen LogP contribution in [-0.2, 0) is 9.59 Å². The predicted molar refractivity (Wildman–Crippen MR) is 111 cm³/mol. The van der Waals surface area contributed by atoms with E-state index in [4.69, 9.17) is 11.6 Å². The summed E-state index contributed by atoms with van der Waals surface area (Å²) >= 11 is 6.08. The van der Waals surface area contributed by atoms with Crippen LogP contribution in [0.1, 0.15) is 37.7 Å². The minimum absolute atomic E-state index is 0.0665. The zero-order chi connectivity index (χ0) is 19.1. The van der Waals surface area contributed by atoms with Gasteiger partial charge in [-0.25, -0.2) is 0 Å². The molecule has 0 bridgehead atoms. The quantitative estimate of drug-likeness (QED) is 0.670. The average Bonchev–Trinajstić information content (AvgIpc) is 2.68. The normalized spacial score (nSPS) is 14.9. The maximum absolute atomic E-state index is 12.4. The van der Waals surface area contributed by atoms with Gasteiger partial charge in [0.15, 0.2) is 0 Å². The highest BCUT2D eigenvalue weighted by molar-refractivity contribution is 6.32. The van der Waals surface area contributed by atoms with Gasteiger partial charge in [0.05, 0.1) is 0 Å². The van der Waals surface area contributed by atoms with Crippen LogP contribution in [0.3, 0.4) is 0 Å². The SMILES string of the molecule is O=C(/C=C/c1ccccc1Cl)Nc1cccc(NC(=O)C2CCCCC2)c1. The van der Waals surface area contributed by atoms with E-state index < -0.39 is 0 Å². The number of rotatable bonds is 5. The van der Waals surface area contributed by atoms with Gasteiger partial charge >= 0.3 is 0 Å². The summed E-state index contributed by atoms with van der Waals surface area (Å²) in [6.45, 7) is 0. The second kappa shape index (κ2) is 9.38. The van der Waals surface area contributed by atoms with Gasteiger partial charge in [0.1, 0.15) is 0 Å². The Kier molecular flexibility index (Phi) is 6.66. The molecule has 0 atom stereocenters. The van der Waals surface area contributed by atoms with Crippen molar-refractivity contribution in [3.05, 3.63) is 65.2 Å². The molecule has 140 valence electrons. The molecule has 4 nitrogen and oxygen atoms in total. The summed E-state index contributed by atoms with van der Waals surface area (Å²) in [7, 11) is 0. The van der Waals surface area contributed by atoms with Gasteiger partial charge in [-0.2, -0.15) is 0 Å². The van der Waals surface area contributed by atoms with Crippen LogP contribution in [0.15, 0.2) is 54.6 Å². The summed E-state index contributed by atoms with van der Waals surface area (Å²) in [6.07, 6.45) is 8.47. The minimum atomic E-state index is -0.259. The standard InChI is InChI=1S/C22H23ClN2O2/c23-20-12-5-4-7-16(20)13-14-21(26)24-18-10-6-11-19(15-18)25-22(27)17-8-2-1-3-9-17/h4-7,10-15,17H,1-3,8-9H2,(H,24,26)(H,25,27)/b14-13+. The van der Waals surface area contributed by atoms with E-state index in [1.54, 1.807) is 24.3 Å². The predicted octanol–water partition coefficient (Wildman–Crippen LogP) is 5.51. The van der Waals surface area contributed by atoms with Crippen molar-refractivity contribution >= 4 is 40.9 Å². The number of benzene rings is 2. The van der Waals surface area contributed by atoms with Crippen LogP contribution < -0.4 is 10.6 Å². The van der Waals surface area contributed by atoms with Crippen molar-refractivity contribution in [2.24, 2.45) is 5.92 Å². The first kappa shape index (κ1) is 19.2. The van der Waals surface area contributed by atoms with Crippen molar-refractivity contribution in [1.29, 1.82) is 0 Å². The summed E-state index contributed by atoms with van der Waals surface area (Å²) in [5.41, 5.74) is 2.10. The number of anilines is 2. The molecule has 2 aromatic rings. The molecule has 0 radical (unpaired) electrons. The molecule has 1 aliphatic rings. The van der Waals surface area contributed by atoms with Crippen LogP contribution in [0, 0.1) is 5.92 Å². The molecule has 5 heteroatoms. The third-order valence-electron chi connectivity index (χ3n) is 4.69. The lowest BCUT2D eigenvalue weighted by molar-refractivity contribution is -0.120. The molecular formula is C22H23ClN2O2. The summed E-state index contributed by atoms with van der Waals surface area (Å²) in [6, 6.07) is 14.5. The molecule has 27 heavy (non-hydrogen) atoms. The molecule has 0 unspecified atom stereocenters. The maximum Gasteiger partial charge on any atom is 0.248 e. The molecule has 1 saturated carbocycles. The van der Waals surface area contributed by atoms with Crippen molar-refractivity contribution in [2.75, 3.05) is 10.6 Å². The molecule has 1 fully saturated rings. The first-order valence-corrected chi connectivity index (χ1v) is 9.64. The van der Waals surface area contributed by atoms with Crippen LogP contribution in [0.4, 0.5) is 11.4 Å². The van der Waals surface area contributed by atoms with Gasteiger partial charge in [0.2, 0.25) is 11.8 Å². The lowest BCUT2D eigenvalue weighted by Gasteiger charge is -2.20. The fourth-order valence-corrected chi connectivity index (χ4v) is 3.44. The average molecular weight is 383 g/mol. The number of hydrogen-bond acceptors (Lipinski definition) is 2. The first-order chi connectivity index (χ1) is 13.1. The van der Waals surface area contributed by atoms with E-state index >= 15 is 0 Å². The molecule has 0 aromatic heterocycles. The lowest BCUT2D eigenvalue weighted by atomic mass is 9.88. The second-order valence-electron chi connectivity index (χ2n) is 6.75. The molecule has 2 amide bonds. The van der Waals surface area contributed by atoms with Crippen LogP contribution in [0.5, 0.6) is 0 Å². The topological polar surface area (TPSA) is 58.2 Å². The molecule has 2 aromatic carbocycles. The number of carbonyl (C=O) groups is 2. The Bertz CT molecular complexity index is 842. The number of halogens is 1. The Labute approximate surface area is 164 Å². The van der Waals surface area contributed by atoms with Crippen molar-refractivity contribution in [3.63, 3.8) is 0 Å². The molecule has 0 heterocycles. The highest BCUT2D eigenvalue weighted by Gasteiger charge is 2.21. The van der Waals surface area contributed by atoms with E-state index in [9.17, 15) is 9.59 Å². The fourth-order valence-electron chi connectivity index (χ4n) is 3.24. The van der Waals surface area contributed by atoms with Gasteiger partial charge in [-0.1, -0.05) is 55.1 Å². The Morgan fingerprint density at radius 3 is 2.37 bits per heavy atom. The summed E-state index contributed by atoms with van der Waals surface area (Å²) in [5, 5.41) is 6.36. The molecule has 0 saturated heterocycles. The van der Waals surface area contributed by atoms with Crippen molar-refractivity contribution in [2.45, 2.75) is 32.1 Å². The van der Waals surface area contributed by atoms with Gasteiger partial charge in [0.25, 0.3) is 0 Å². The van der Waals surface area contributed by atoms with E-state index in [-0.39, 0.29) is 17.7 Å². The zero-order valence-electron chi connectivity index (χ0n) is 15.1. The fraction of sp³-hybridized carbons (Fsp3) is 0.273. The van der Waals surface area contributed by atoms with Gasteiger partial charge in [-0.3, -0.25) is 9.59 Å². The third-order valence-corrected chi connectivity index (χ3v) is 5.04. The lowest BCUT2D eigenvalue weighted by Crippen LogP contribution is -2.24. The number of carbonyl (C=O) groups excluding carboxylic acids is 2. The van der Waals surface area contributed by atoms with E-state index in [0.717, 1.165) is 31.2 Å². The minimum Gasteiger partial charge on any atom is -0.326 e. The van der Waals surface area contributed by atoms with Gasteiger partial charge in [-0.15, -0.1) is 0 Å². The number of nitrogens with one attached hydrogen (secondary N) is 2. The van der Waals surface area contributed by atoms with Gasteiger partial charge < -0.3 is 10.6 Å². The Balaban J connectivity index is 1.59. The van der Waals surface area contributed by atoms with E-state index in [0.29, 0.717) is 16.4 Å². The van der Waals surface area contributed by atoms with E-state index in [2.05, 4.69) is 10.6 Å². The van der Waals surface area contributed by atoms with Crippen molar-refractivity contribution < 1.29 is 9.59 Å². The largest absolute Gasteiger partial charge is 0.326 e. The molecule has 3 rings (SSSR count). The van der Waals surface area contributed by atoms with Crippen LogP contribution >= 0.6 is 11.6 Å². The molecular weight excluding hydrogens is 360 g/mol. The first-order valence-electron chi connectivity index (χ1n) is 9.26. The molecule has 0 spiro atoms. The van der Waals surface area contributed by atoms with Crippen molar-refractivity contribution in [3.8, 4) is 0 Å². The smallest absolute Gasteiger partial charge is 0.248 e. The van der Waals surface area contributed by atoms with Crippen LogP contribution in [-0.4, -0.2) is 11.8 Å². The van der Waals surface area contributed by atoms with E-state index in [1.807, 2.05) is 30.3 Å². The van der Waals surface area contributed by atoms with E-state index in [1.165, 1.54) is 12.5 Å². The Morgan fingerprint density at radius 2 is 1.63 bits per heavy atom. The number of hydrogen-bond donors (Lipinski definition) is 2. The highest BCUT2D eigenvalue weighted by atomic mass is 35.5. The van der Waals surface area contributed by atoms with Crippen molar-refractivity contribution in [1.82, 2.24) is 0 Å². The highest BCUT2D eigenvalue weighted by Crippen LogP contribution is 2.25. The third kappa shape index (κ3) is 5.69. The van der Waals surface area contributed by atoms with Gasteiger partial charge in [-0.05, 0) is 48.7 Å². The monoisotopic (exact) mass is 382 g/mol. The molecule has 0 aliphatic heterocycles. The van der Waals surface area contributed by atoms with Crippen LogP contribution in [0.25, 0.3) is 6.08 Å². The maximum atomic E-state index is 12.4. The van der Waals surface area contributed by atoms with Gasteiger partial charge in [0, 0.05) is 28.4 Å². The second-order valence-corrected chi connectivity index (χ2v) is 7.16. The van der Waals surface area contributed by atoms with Crippen LogP contribution in [0.2, 0.25) is 5.02 Å². The summed E-state index contributed by atoms with van der Waals surface area (Å²) < 4.78 is 0. The summed E-state index contributed by atoms with van der Waals surface area (Å²) in [4.78, 5) is 24.5. The Hall–Kier alpha value is -2.59. The molecule has 1 aliphatic carbocycles. The zero-order valence-corrected chi connectivity index (χ0v) is 15.8.